The van der Waals surface area contributed by atoms with E-state index in [2.05, 4.69) is 15.5 Å². The van der Waals surface area contributed by atoms with Gasteiger partial charge in [0.15, 0.2) is 17.3 Å². The number of aromatic amines is 1. The number of fused-ring (bicyclic) bond motifs is 2. The first-order valence-electron chi connectivity index (χ1n) is 8.40. The van der Waals surface area contributed by atoms with E-state index in [-0.39, 0.29) is 19.4 Å². The van der Waals surface area contributed by atoms with Crippen molar-refractivity contribution in [3.05, 3.63) is 34.2 Å². The van der Waals surface area contributed by atoms with Gasteiger partial charge in [-0.25, -0.2) is 4.79 Å². The number of carbonyl (C=O) groups excluding carboxylic acids is 1. The van der Waals surface area contributed by atoms with E-state index >= 15 is 0 Å². The van der Waals surface area contributed by atoms with Gasteiger partial charge >= 0.3 is 5.97 Å². The van der Waals surface area contributed by atoms with Crippen LogP contribution in [0.3, 0.4) is 0 Å². The summed E-state index contributed by atoms with van der Waals surface area (Å²) < 4.78 is 27.6. The van der Waals surface area contributed by atoms with Crippen LogP contribution in [0.1, 0.15) is 22.7 Å². The molecular formula is C18H17N3O6. The Labute approximate surface area is 154 Å². The number of rotatable bonds is 3. The van der Waals surface area contributed by atoms with Crippen molar-refractivity contribution in [2.24, 2.45) is 0 Å². The number of aromatic nitrogens is 2. The van der Waals surface area contributed by atoms with E-state index in [1.807, 2.05) is 13.0 Å². The molecule has 0 bridgehead atoms. The first kappa shape index (κ1) is 15.9. The van der Waals surface area contributed by atoms with Crippen LogP contribution in [-0.4, -0.2) is 43.8 Å². The summed E-state index contributed by atoms with van der Waals surface area (Å²) in [7, 11) is 3.11. The highest BCUT2D eigenvalue weighted by molar-refractivity contribution is 5.97. The summed E-state index contributed by atoms with van der Waals surface area (Å²) >= 11 is 0. The lowest BCUT2D eigenvalue weighted by Crippen LogP contribution is -2.20. The Morgan fingerprint density at radius 1 is 1.19 bits per heavy atom. The molecule has 0 aliphatic carbocycles. The number of anilines is 1. The van der Waals surface area contributed by atoms with Crippen LogP contribution in [-0.2, 0) is 9.53 Å². The highest BCUT2D eigenvalue weighted by Crippen LogP contribution is 2.55. The number of nitrogens with one attached hydrogen (secondary N) is 2. The van der Waals surface area contributed by atoms with Crippen LogP contribution >= 0.6 is 0 Å². The van der Waals surface area contributed by atoms with Crippen molar-refractivity contribution in [1.82, 2.24) is 10.2 Å². The van der Waals surface area contributed by atoms with E-state index in [0.717, 1.165) is 16.8 Å². The molecule has 9 heteroatoms. The molecule has 5 rings (SSSR count). The van der Waals surface area contributed by atoms with Gasteiger partial charge in [-0.3, -0.25) is 5.10 Å². The largest absolute Gasteiger partial charge is 0.493 e. The van der Waals surface area contributed by atoms with Crippen molar-refractivity contribution in [2.75, 3.05) is 32.9 Å². The molecule has 0 saturated heterocycles. The van der Waals surface area contributed by atoms with E-state index in [9.17, 15) is 4.79 Å². The summed E-state index contributed by atoms with van der Waals surface area (Å²) in [6.07, 6.45) is 0. The van der Waals surface area contributed by atoms with Gasteiger partial charge in [-0.1, -0.05) is 0 Å². The molecule has 3 aliphatic heterocycles. The van der Waals surface area contributed by atoms with Crippen LogP contribution in [0.15, 0.2) is 17.3 Å². The van der Waals surface area contributed by atoms with E-state index in [1.54, 1.807) is 14.2 Å². The van der Waals surface area contributed by atoms with Crippen molar-refractivity contribution in [1.29, 1.82) is 0 Å². The minimum atomic E-state index is -0.441. The van der Waals surface area contributed by atoms with Crippen LogP contribution in [0, 0.1) is 6.92 Å². The van der Waals surface area contributed by atoms with Gasteiger partial charge in [0.2, 0.25) is 18.3 Å². The number of hydrogen-bond acceptors (Lipinski definition) is 8. The predicted octanol–water partition coefficient (Wildman–Crippen LogP) is 1.83. The van der Waals surface area contributed by atoms with Gasteiger partial charge in [-0.05, 0) is 13.0 Å². The Morgan fingerprint density at radius 3 is 2.78 bits per heavy atom. The maximum atomic E-state index is 12.5. The zero-order valence-corrected chi connectivity index (χ0v) is 15.0. The lowest BCUT2D eigenvalue weighted by atomic mass is 9.81. The van der Waals surface area contributed by atoms with E-state index in [0.29, 0.717) is 40.1 Å². The summed E-state index contributed by atoms with van der Waals surface area (Å²) in [4.78, 5) is 12.5. The number of aryl methyl sites for hydroxylation is 1. The molecule has 3 aliphatic rings. The summed E-state index contributed by atoms with van der Waals surface area (Å²) in [5, 5.41) is 10.5. The molecule has 0 radical (unpaired) electrons. The molecule has 0 amide bonds. The normalized spacial score (nSPS) is 19.4. The number of nitrogens with zero attached hydrogens (tertiary/aromatic N) is 1. The lowest BCUT2D eigenvalue weighted by Gasteiger charge is -2.26. The van der Waals surface area contributed by atoms with Gasteiger partial charge in [0.1, 0.15) is 6.61 Å². The highest BCUT2D eigenvalue weighted by atomic mass is 16.7. The molecule has 0 fully saturated rings. The first-order chi connectivity index (χ1) is 13.1. The van der Waals surface area contributed by atoms with Crippen LogP contribution < -0.4 is 24.3 Å². The quantitative estimate of drug-likeness (QED) is 0.788. The molecule has 0 spiro atoms. The summed E-state index contributed by atoms with van der Waals surface area (Å²) in [6.45, 7) is 2.16. The zero-order chi connectivity index (χ0) is 18.7. The molecule has 1 aromatic heterocycles. The van der Waals surface area contributed by atoms with Gasteiger partial charge in [0.25, 0.3) is 0 Å². The topological polar surface area (TPSA) is 104 Å². The molecule has 9 nitrogen and oxygen atoms in total. The third-order valence-corrected chi connectivity index (χ3v) is 5.06. The Hall–Kier alpha value is -3.36. The standard InChI is InChI=1S/C18H17N3O6/c1-7-11-12(13-9(5-25-18(13)22)19-17(11)21-20-7)8-4-10(23-2)15-16(14(8)24-3)27-6-26-15/h4,12H,5-6H2,1-3H3,(H2,19,20,21)/t12-/m0/s1. The van der Waals surface area contributed by atoms with Crippen molar-refractivity contribution in [3.63, 3.8) is 0 Å². The zero-order valence-electron chi connectivity index (χ0n) is 15.0. The highest BCUT2D eigenvalue weighted by Gasteiger charge is 2.43. The predicted molar refractivity (Wildman–Crippen MR) is 92.4 cm³/mol. The SMILES string of the molecule is COc1cc([C@@H]2C3=C(COC3=O)Nc3n[nH]c(C)c32)c(OC)c2c1OCO2. The maximum Gasteiger partial charge on any atom is 0.337 e. The second kappa shape index (κ2) is 5.57. The van der Waals surface area contributed by atoms with Crippen LogP contribution in [0.5, 0.6) is 23.0 Å². The minimum absolute atomic E-state index is 0.0731. The molecule has 1 atom stereocenters. The Balaban J connectivity index is 1.81. The van der Waals surface area contributed by atoms with Gasteiger partial charge < -0.3 is 29.0 Å². The van der Waals surface area contributed by atoms with Crippen molar-refractivity contribution in [2.45, 2.75) is 12.8 Å². The summed E-state index contributed by atoms with van der Waals surface area (Å²) in [5.41, 5.74) is 3.64. The number of ether oxygens (including phenoxy) is 5. The molecule has 2 N–H and O–H groups in total. The number of carbonyl (C=O) groups is 1. The molecule has 2 aromatic rings. The second-order valence-electron chi connectivity index (χ2n) is 6.40. The van der Waals surface area contributed by atoms with Crippen LogP contribution in [0.2, 0.25) is 0 Å². The second-order valence-corrected chi connectivity index (χ2v) is 6.40. The number of esters is 1. The Morgan fingerprint density at radius 2 is 2.00 bits per heavy atom. The van der Waals surface area contributed by atoms with Crippen molar-refractivity contribution < 1.29 is 28.5 Å². The van der Waals surface area contributed by atoms with E-state index in [1.165, 1.54) is 0 Å². The number of benzene rings is 1. The van der Waals surface area contributed by atoms with Gasteiger partial charge in [-0.15, -0.1) is 0 Å². The average Bonchev–Trinajstić information content (AvgIpc) is 3.39. The van der Waals surface area contributed by atoms with Crippen molar-refractivity contribution in [3.8, 4) is 23.0 Å². The molecule has 0 saturated carbocycles. The van der Waals surface area contributed by atoms with Crippen molar-refractivity contribution >= 4 is 11.8 Å². The number of cyclic esters (lactones) is 1. The number of H-pyrrole nitrogens is 1. The number of methoxy groups -OCH3 is 2. The number of hydrogen-bond donors (Lipinski definition) is 2. The fourth-order valence-electron chi connectivity index (χ4n) is 3.91. The molecule has 27 heavy (non-hydrogen) atoms. The lowest BCUT2D eigenvalue weighted by molar-refractivity contribution is -0.136. The summed E-state index contributed by atoms with van der Waals surface area (Å²) in [5.74, 6) is 1.80. The Kier molecular flexibility index (Phi) is 3.27. The fourth-order valence-corrected chi connectivity index (χ4v) is 3.91. The van der Waals surface area contributed by atoms with Gasteiger partial charge in [-0.2, -0.15) is 5.10 Å². The van der Waals surface area contributed by atoms with E-state index in [4.69, 9.17) is 23.7 Å². The van der Waals surface area contributed by atoms with E-state index < -0.39 is 5.92 Å². The van der Waals surface area contributed by atoms with Crippen LogP contribution in [0.25, 0.3) is 0 Å². The third-order valence-electron chi connectivity index (χ3n) is 5.06. The molecule has 140 valence electrons. The van der Waals surface area contributed by atoms with Crippen LogP contribution in [0.4, 0.5) is 5.82 Å². The maximum absolute atomic E-state index is 12.5. The Bertz CT molecular complexity index is 1010. The monoisotopic (exact) mass is 371 g/mol. The molecular weight excluding hydrogens is 354 g/mol. The average molecular weight is 371 g/mol. The minimum Gasteiger partial charge on any atom is -0.493 e. The van der Waals surface area contributed by atoms with Gasteiger partial charge in [0.05, 0.1) is 31.4 Å². The third kappa shape index (κ3) is 2.05. The smallest absolute Gasteiger partial charge is 0.337 e. The molecule has 0 unspecified atom stereocenters. The summed E-state index contributed by atoms with van der Waals surface area (Å²) in [6, 6.07) is 1.81. The molecule has 1 aromatic carbocycles. The fraction of sp³-hybridized carbons (Fsp3) is 0.333. The molecule has 4 heterocycles. The first-order valence-corrected chi connectivity index (χ1v) is 8.40. The van der Waals surface area contributed by atoms with Gasteiger partial charge in [0, 0.05) is 16.8 Å².